The number of hydrogen-bond acceptors (Lipinski definition) is 7. The van der Waals surface area contributed by atoms with Gasteiger partial charge in [-0.2, -0.15) is 0 Å². The van der Waals surface area contributed by atoms with Crippen molar-refractivity contribution in [3.05, 3.63) is 28.3 Å². The van der Waals surface area contributed by atoms with Gasteiger partial charge in [0.1, 0.15) is 4.90 Å². The lowest BCUT2D eigenvalue weighted by Gasteiger charge is -2.23. The van der Waals surface area contributed by atoms with Crippen LogP contribution in [0.2, 0.25) is 0 Å². The highest BCUT2D eigenvalue weighted by atomic mass is 32.2. The van der Waals surface area contributed by atoms with E-state index in [1.807, 2.05) is 0 Å². The van der Waals surface area contributed by atoms with Crippen LogP contribution in [0.25, 0.3) is 0 Å². The van der Waals surface area contributed by atoms with Gasteiger partial charge in [0.2, 0.25) is 10.0 Å². The van der Waals surface area contributed by atoms with Gasteiger partial charge >= 0.3 is 0 Å². The van der Waals surface area contributed by atoms with Gasteiger partial charge in [-0.3, -0.25) is 16.0 Å². The number of non-ortho nitro benzene ring substituents is 1. The monoisotopic (exact) mass is 316 g/mol. The lowest BCUT2D eigenvalue weighted by Crippen LogP contribution is -2.46. The Hall–Kier alpha value is -1.75. The number of ether oxygens (including phenoxy) is 1. The number of benzene rings is 1. The van der Waals surface area contributed by atoms with Crippen molar-refractivity contribution >= 4 is 21.4 Å². The summed E-state index contributed by atoms with van der Waals surface area (Å²) in [5.74, 6) is 5.27. The zero-order valence-electron chi connectivity index (χ0n) is 11.3. The van der Waals surface area contributed by atoms with E-state index in [9.17, 15) is 18.5 Å². The number of anilines is 1. The van der Waals surface area contributed by atoms with Crippen LogP contribution >= 0.6 is 0 Å². The van der Waals surface area contributed by atoms with Crippen molar-refractivity contribution in [3.8, 4) is 0 Å². The number of hydrazine groups is 1. The lowest BCUT2D eigenvalue weighted by atomic mass is 10.0. The summed E-state index contributed by atoms with van der Waals surface area (Å²) in [5, 5.41) is 10.7. The molecule has 0 radical (unpaired) electrons. The molecule has 0 aliphatic carbocycles. The van der Waals surface area contributed by atoms with Crippen molar-refractivity contribution in [2.45, 2.75) is 23.8 Å². The first-order valence-corrected chi connectivity index (χ1v) is 7.62. The van der Waals surface area contributed by atoms with Gasteiger partial charge in [-0.1, -0.05) is 0 Å². The molecule has 9 nitrogen and oxygen atoms in total. The molecule has 1 aromatic rings. The molecule has 1 fully saturated rings. The summed E-state index contributed by atoms with van der Waals surface area (Å²) in [4.78, 5) is 9.94. The maximum Gasteiger partial charge on any atom is 0.271 e. The molecule has 1 aliphatic rings. The molecule has 1 aromatic carbocycles. The highest BCUT2D eigenvalue weighted by Gasteiger charge is 2.35. The largest absolute Gasteiger partial charge is 0.379 e. The average Bonchev–Trinajstić information content (AvgIpc) is 2.83. The number of nitro benzene ring substituents is 1. The van der Waals surface area contributed by atoms with E-state index in [-0.39, 0.29) is 22.9 Å². The summed E-state index contributed by atoms with van der Waals surface area (Å²) in [6.07, 6.45) is 0.546. The van der Waals surface area contributed by atoms with E-state index < -0.39 is 20.5 Å². The van der Waals surface area contributed by atoms with Crippen molar-refractivity contribution in [2.24, 2.45) is 5.84 Å². The standard InChI is InChI=1S/C11H16N4O5S/c1-11(4-5-20-7-11)14-21(18,19)10-3-2-8(15(16)17)6-9(10)13-12/h2-3,6,13-14H,4-5,7,12H2,1H3. The third kappa shape index (κ3) is 3.29. The maximum absolute atomic E-state index is 12.4. The van der Waals surface area contributed by atoms with Crippen LogP contribution in [0, 0.1) is 10.1 Å². The van der Waals surface area contributed by atoms with Gasteiger partial charge in [-0.05, 0) is 19.4 Å². The number of nitrogen functional groups attached to an aromatic ring is 1. The van der Waals surface area contributed by atoms with Crippen molar-refractivity contribution in [1.82, 2.24) is 4.72 Å². The first-order valence-electron chi connectivity index (χ1n) is 6.14. The summed E-state index contributed by atoms with van der Waals surface area (Å²) >= 11 is 0. The van der Waals surface area contributed by atoms with E-state index >= 15 is 0 Å². The summed E-state index contributed by atoms with van der Waals surface area (Å²) in [6.45, 7) is 2.48. The Balaban J connectivity index is 2.37. The van der Waals surface area contributed by atoms with E-state index in [1.54, 1.807) is 6.92 Å². The van der Waals surface area contributed by atoms with Gasteiger partial charge in [0.05, 0.1) is 22.8 Å². The first-order chi connectivity index (χ1) is 9.77. The number of rotatable bonds is 5. The fourth-order valence-electron chi connectivity index (χ4n) is 2.11. The van der Waals surface area contributed by atoms with Gasteiger partial charge in [0, 0.05) is 18.7 Å². The van der Waals surface area contributed by atoms with E-state index in [1.165, 1.54) is 0 Å². The number of nitro groups is 1. The van der Waals surface area contributed by atoms with Crippen LogP contribution in [0.15, 0.2) is 23.1 Å². The van der Waals surface area contributed by atoms with E-state index in [0.717, 1.165) is 18.2 Å². The van der Waals surface area contributed by atoms with Gasteiger partial charge in [-0.15, -0.1) is 0 Å². The van der Waals surface area contributed by atoms with Gasteiger partial charge in [0.25, 0.3) is 5.69 Å². The number of nitrogens with two attached hydrogens (primary N) is 1. The fourth-order valence-corrected chi connectivity index (χ4v) is 3.68. The molecule has 0 spiro atoms. The number of sulfonamides is 1. The van der Waals surface area contributed by atoms with Crippen LogP contribution in [0.1, 0.15) is 13.3 Å². The molecule has 10 heteroatoms. The SMILES string of the molecule is CC1(NS(=O)(=O)c2ccc([N+](=O)[O-])cc2NN)CCOC1. The van der Waals surface area contributed by atoms with Crippen LogP contribution < -0.4 is 16.0 Å². The Kier molecular flexibility index (Phi) is 4.14. The summed E-state index contributed by atoms with van der Waals surface area (Å²) < 4.78 is 32.6. The van der Waals surface area contributed by atoms with Gasteiger partial charge in [-0.25, -0.2) is 13.1 Å². The molecule has 21 heavy (non-hydrogen) atoms. The molecule has 1 heterocycles. The number of nitrogens with zero attached hydrogens (tertiary/aromatic N) is 1. The Morgan fingerprint density at radius 2 is 2.19 bits per heavy atom. The molecule has 0 saturated carbocycles. The predicted molar refractivity (Wildman–Crippen MR) is 75.1 cm³/mol. The van der Waals surface area contributed by atoms with Crippen LogP contribution in [-0.4, -0.2) is 32.1 Å². The minimum absolute atomic E-state index is 0.0424. The van der Waals surface area contributed by atoms with Crippen molar-refractivity contribution in [3.63, 3.8) is 0 Å². The molecule has 1 atom stereocenters. The van der Waals surface area contributed by atoms with Gasteiger partial charge < -0.3 is 10.2 Å². The quantitative estimate of drug-likeness (QED) is 0.404. The average molecular weight is 316 g/mol. The summed E-state index contributed by atoms with van der Waals surface area (Å²) in [7, 11) is -3.88. The smallest absolute Gasteiger partial charge is 0.271 e. The summed E-state index contributed by atoms with van der Waals surface area (Å²) in [6, 6.07) is 3.33. The second-order valence-electron chi connectivity index (χ2n) is 5.05. The van der Waals surface area contributed by atoms with Crippen molar-refractivity contribution in [1.29, 1.82) is 0 Å². The molecular formula is C11H16N4O5S. The molecule has 0 aromatic heterocycles. The number of nitrogens with one attached hydrogen (secondary N) is 2. The molecule has 2 rings (SSSR count). The minimum atomic E-state index is -3.88. The molecule has 0 amide bonds. The molecule has 1 saturated heterocycles. The van der Waals surface area contributed by atoms with Crippen molar-refractivity contribution < 1.29 is 18.1 Å². The Morgan fingerprint density at radius 1 is 1.48 bits per heavy atom. The molecular weight excluding hydrogens is 300 g/mol. The molecule has 4 N–H and O–H groups in total. The summed E-state index contributed by atoms with van der Waals surface area (Å²) in [5.41, 5.74) is 1.18. The van der Waals surface area contributed by atoms with Gasteiger partial charge in [0.15, 0.2) is 0 Å². The third-order valence-electron chi connectivity index (χ3n) is 3.22. The Bertz CT molecular complexity index is 655. The highest BCUT2D eigenvalue weighted by molar-refractivity contribution is 7.89. The van der Waals surface area contributed by atoms with Crippen LogP contribution in [-0.2, 0) is 14.8 Å². The Morgan fingerprint density at radius 3 is 2.71 bits per heavy atom. The molecule has 1 unspecified atom stereocenters. The van der Waals surface area contributed by atoms with Crippen LogP contribution in [0.5, 0.6) is 0 Å². The highest BCUT2D eigenvalue weighted by Crippen LogP contribution is 2.28. The van der Waals surface area contributed by atoms with E-state index in [2.05, 4.69) is 10.1 Å². The maximum atomic E-state index is 12.4. The zero-order chi connectivity index (χ0) is 15.7. The van der Waals surface area contributed by atoms with E-state index in [4.69, 9.17) is 10.6 Å². The fraction of sp³-hybridized carbons (Fsp3) is 0.455. The van der Waals surface area contributed by atoms with Crippen LogP contribution in [0.4, 0.5) is 11.4 Å². The third-order valence-corrected chi connectivity index (χ3v) is 4.92. The molecule has 0 bridgehead atoms. The van der Waals surface area contributed by atoms with Crippen molar-refractivity contribution in [2.75, 3.05) is 18.6 Å². The topological polar surface area (TPSA) is 137 Å². The number of hydrogen-bond donors (Lipinski definition) is 3. The first kappa shape index (κ1) is 15.6. The Labute approximate surface area is 121 Å². The van der Waals surface area contributed by atoms with Crippen LogP contribution in [0.3, 0.4) is 0 Å². The van der Waals surface area contributed by atoms with E-state index in [0.29, 0.717) is 13.0 Å². The molecule has 116 valence electrons. The minimum Gasteiger partial charge on any atom is -0.379 e. The normalized spacial score (nSPS) is 22.2. The second-order valence-corrected chi connectivity index (χ2v) is 6.70. The second kappa shape index (κ2) is 5.56. The molecule has 1 aliphatic heterocycles. The lowest BCUT2D eigenvalue weighted by molar-refractivity contribution is -0.384. The zero-order valence-corrected chi connectivity index (χ0v) is 12.1. The predicted octanol–water partition coefficient (Wildman–Crippen LogP) is 0.338.